The fourth-order valence-corrected chi connectivity index (χ4v) is 5.73. The van der Waals surface area contributed by atoms with Crippen molar-refractivity contribution in [2.75, 3.05) is 12.8 Å². The van der Waals surface area contributed by atoms with Gasteiger partial charge in [0.15, 0.2) is 21.3 Å². The van der Waals surface area contributed by atoms with Gasteiger partial charge in [0, 0.05) is 23.2 Å². The summed E-state index contributed by atoms with van der Waals surface area (Å²) in [6.45, 7) is 3.51. The van der Waals surface area contributed by atoms with Crippen molar-refractivity contribution in [3.63, 3.8) is 0 Å². The molecule has 0 amide bonds. The second-order valence-corrected chi connectivity index (χ2v) is 11.3. The fraction of sp³-hybridized carbons (Fsp3) is 0.250. The molecule has 180 valence electrons. The molecule has 2 aromatic carbocycles. The van der Waals surface area contributed by atoms with Gasteiger partial charge in [0.25, 0.3) is 5.89 Å². The van der Waals surface area contributed by atoms with Crippen molar-refractivity contribution in [3.8, 4) is 34.3 Å². The summed E-state index contributed by atoms with van der Waals surface area (Å²) in [5.41, 5.74) is 9.03. The van der Waals surface area contributed by atoms with Gasteiger partial charge < -0.3 is 15.5 Å². The molecule has 35 heavy (non-hydrogen) atoms. The van der Waals surface area contributed by atoms with Crippen molar-refractivity contribution in [3.05, 3.63) is 59.8 Å². The van der Waals surface area contributed by atoms with E-state index in [1.165, 1.54) is 32.2 Å². The quantitative estimate of drug-likeness (QED) is 0.425. The summed E-state index contributed by atoms with van der Waals surface area (Å²) >= 11 is 0. The number of fused-ring (bicyclic) bond motifs is 1. The molecule has 1 atom stereocenters. The number of sulfone groups is 1. The Bertz CT molecular complexity index is 1530. The number of benzene rings is 2. The number of nitrogens with zero attached hydrogens (tertiary/aromatic N) is 4. The Morgan fingerprint density at radius 3 is 2.49 bits per heavy atom. The van der Waals surface area contributed by atoms with Crippen LogP contribution in [0.1, 0.15) is 31.1 Å². The van der Waals surface area contributed by atoms with Crippen LogP contribution in [-0.4, -0.2) is 40.4 Å². The highest BCUT2D eigenvalue weighted by Gasteiger charge is 2.52. The minimum absolute atomic E-state index is 0.00958. The number of hydrogen-bond donors (Lipinski definition) is 2. The predicted molar refractivity (Wildman–Crippen MR) is 128 cm³/mol. The van der Waals surface area contributed by atoms with Crippen LogP contribution < -0.4 is 11.1 Å². The Morgan fingerprint density at radius 1 is 1.09 bits per heavy atom. The summed E-state index contributed by atoms with van der Waals surface area (Å²) in [5.74, 6) is 0.466. The van der Waals surface area contributed by atoms with Gasteiger partial charge in [-0.1, -0.05) is 18.2 Å². The maximum atomic E-state index is 15.1. The molecule has 0 saturated carbocycles. The smallest absolute Gasteiger partial charge is 0.270 e. The summed E-state index contributed by atoms with van der Waals surface area (Å²) in [5, 5.41) is 11.3. The number of rotatable bonds is 5. The Labute approximate surface area is 201 Å². The number of nitrogens with two attached hydrogens (primary N) is 1. The molecule has 0 saturated heterocycles. The number of hydrogen-bond acceptors (Lipinski definition) is 9. The van der Waals surface area contributed by atoms with Gasteiger partial charge in [0.1, 0.15) is 10.9 Å². The van der Waals surface area contributed by atoms with Crippen molar-refractivity contribution in [2.45, 2.75) is 36.2 Å². The van der Waals surface area contributed by atoms with Crippen LogP contribution >= 0.6 is 0 Å². The molecule has 5 rings (SSSR count). The lowest BCUT2D eigenvalue weighted by Crippen LogP contribution is -2.30. The molecule has 0 fully saturated rings. The Morgan fingerprint density at radius 2 is 1.77 bits per heavy atom. The van der Waals surface area contributed by atoms with E-state index in [4.69, 9.17) is 10.2 Å². The maximum Gasteiger partial charge on any atom is 0.270 e. The van der Waals surface area contributed by atoms with Crippen molar-refractivity contribution < 1.29 is 17.2 Å². The zero-order valence-electron chi connectivity index (χ0n) is 19.3. The first-order valence-corrected chi connectivity index (χ1v) is 12.3. The van der Waals surface area contributed by atoms with Gasteiger partial charge in [-0.15, -0.1) is 10.2 Å². The van der Waals surface area contributed by atoms with Crippen molar-refractivity contribution in [1.82, 2.24) is 25.5 Å². The molecule has 0 aliphatic carbocycles. The molecular formula is C24H23FN6O3S. The van der Waals surface area contributed by atoms with Gasteiger partial charge >= 0.3 is 0 Å². The van der Waals surface area contributed by atoms with Crippen LogP contribution in [0.15, 0.2) is 58.0 Å². The first-order valence-electron chi connectivity index (χ1n) is 10.9. The molecule has 0 spiro atoms. The topological polar surface area (TPSA) is 137 Å². The average molecular weight is 495 g/mol. The summed E-state index contributed by atoms with van der Waals surface area (Å²) < 4.78 is 44.7. The number of anilines is 1. The van der Waals surface area contributed by atoms with Crippen LogP contribution in [0.4, 0.5) is 10.2 Å². The second kappa shape index (κ2) is 8.21. The predicted octanol–water partition coefficient (Wildman–Crippen LogP) is 3.74. The third-order valence-corrected chi connectivity index (χ3v) is 8.72. The molecule has 2 aromatic heterocycles. The highest BCUT2D eigenvalue weighted by atomic mass is 32.2. The molecule has 0 radical (unpaired) electrons. The van der Waals surface area contributed by atoms with Crippen LogP contribution in [0.3, 0.4) is 0 Å². The largest absolute Gasteiger partial charge is 0.414 e. The number of nitrogen functional groups attached to an aromatic ring is 1. The molecule has 11 heteroatoms. The van der Waals surface area contributed by atoms with Gasteiger partial charge in [-0.25, -0.2) is 22.8 Å². The third kappa shape index (κ3) is 3.67. The van der Waals surface area contributed by atoms with Crippen molar-refractivity contribution >= 4 is 15.7 Å². The number of halogens is 1. The van der Waals surface area contributed by atoms with Crippen LogP contribution in [0, 0.1) is 0 Å². The molecule has 0 unspecified atom stereocenters. The van der Waals surface area contributed by atoms with Crippen molar-refractivity contribution in [2.24, 2.45) is 0 Å². The van der Waals surface area contributed by atoms with Gasteiger partial charge in [0.05, 0.1) is 16.8 Å². The third-order valence-electron chi connectivity index (χ3n) is 6.18. The molecule has 1 aliphatic rings. The van der Waals surface area contributed by atoms with Crippen LogP contribution in [0.5, 0.6) is 0 Å². The normalized spacial score (nSPS) is 17.9. The average Bonchev–Trinajstić information content (AvgIpc) is 3.38. The van der Waals surface area contributed by atoms with E-state index in [1.54, 1.807) is 6.07 Å². The highest BCUT2D eigenvalue weighted by molar-refractivity contribution is 7.93. The summed E-state index contributed by atoms with van der Waals surface area (Å²) in [6.07, 6.45) is -0.234. The number of aromatic nitrogens is 4. The molecule has 0 bridgehead atoms. The van der Waals surface area contributed by atoms with E-state index in [-0.39, 0.29) is 27.9 Å². The SMILES string of the molecule is CNCc1ccc(-c2nnc(-c3nc(-c4ccc5c(c4)[C@H](F)C(C)(C)S5(=O)=O)cnc3N)o2)cc1. The van der Waals surface area contributed by atoms with E-state index in [9.17, 15) is 8.42 Å². The zero-order chi connectivity index (χ0) is 25.0. The molecule has 3 heterocycles. The molecule has 4 aromatic rings. The van der Waals surface area contributed by atoms with Crippen LogP contribution in [-0.2, 0) is 16.4 Å². The van der Waals surface area contributed by atoms with E-state index < -0.39 is 20.8 Å². The fourth-order valence-electron chi connectivity index (χ4n) is 4.04. The van der Waals surface area contributed by atoms with E-state index >= 15 is 4.39 Å². The van der Waals surface area contributed by atoms with Crippen molar-refractivity contribution in [1.29, 1.82) is 0 Å². The first-order chi connectivity index (χ1) is 16.6. The van der Waals surface area contributed by atoms with Gasteiger partial charge in [-0.2, -0.15) is 0 Å². The molecular weight excluding hydrogens is 471 g/mol. The van der Waals surface area contributed by atoms with Crippen LogP contribution in [0.25, 0.3) is 34.3 Å². The van der Waals surface area contributed by atoms with E-state index in [0.29, 0.717) is 17.1 Å². The Kier molecular flexibility index (Phi) is 5.41. The van der Waals surface area contributed by atoms with Gasteiger partial charge in [-0.3, -0.25) is 0 Å². The minimum Gasteiger partial charge on any atom is -0.414 e. The monoisotopic (exact) mass is 494 g/mol. The molecule has 1 aliphatic heterocycles. The van der Waals surface area contributed by atoms with E-state index in [0.717, 1.165) is 17.7 Å². The summed E-state index contributed by atoms with van der Waals surface area (Å²) in [6, 6.07) is 12.1. The number of nitrogens with one attached hydrogen (secondary N) is 1. The van der Waals surface area contributed by atoms with Crippen LogP contribution in [0.2, 0.25) is 0 Å². The highest BCUT2D eigenvalue weighted by Crippen LogP contribution is 2.49. The summed E-state index contributed by atoms with van der Waals surface area (Å²) in [4.78, 5) is 8.69. The molecule has 9 nitrogen and oxygen atoms in total. The summed E-state index contributed by atoms with van der Waals surface area (Å²) in [7, 11) is -1.91. The standard InChI is InChI=1S/C24H23FN6O3S/c1-24(2)20(25)16-10-15(8-9-18(16)35(24,32)33)17-12-28-21(26)19(29-17)23-31-30-22(34-23)14-6-4-13(5-7-14)11-27-3/h4-10,12,20,27H,11H2,1-3H3,(H2,26,28)/t20-/m0/s1. The zero-order valence-corrected chi connectivity index (χ0v) is 20.1. The second-order valence-electron chi connectivity index (χ2n) is 8.85. The Balaban J connectivity index is 1.50. The van der Waals surface area contributed by atoms with E-state index in [2.05, 4.69) is 25.5 Å². The minimum atomic E-state index is -3.79. The lowest BCUT2D eigenvalue weighted by Gasteiger charge is -2.19. The lowest BCUT2D eigenvalue weighted by molar-refractivity contribution is 0.284. The maximum absolute atomic E-state index is 15.1. The van der Waals surface area contributed by atoms with Gasteiger partial charge in [-0.05, 0) is 50.7 Å². The molecule has 3 N–H and O–H groups in total. The first kappa shape index (κ1) is 23.1. The Hall–Kier alpha value is -3.70. The van der Waals surface area contributed by atoms with E-state index in [1.807, 2.05) is 31.3 Å². The number of alkyl halides is 1. The lowest BCUT2D eigenvalue weighted by atomic mass is 9.98. The van der Waals surface area contributed by atoms with Gasteiger partial charge in [0.2, 0.25) is 5.89 Å².